The molecule has 0 radical (unpaired) electrons. The van der Waals surface area contributed by atoms with Crippen LogP contribution in [0.5, 0.6) is 0 Å². The molecule has 1 aliphatic heterocycles. The molecule has 0 spiro atoms. The summed E-state index contributed by atoms with van der Waals surface area (Å²) in [6, 6.07) is 11.9. The van der Waals surface area contributed by atoms with E-state index in [1.165, 1.54) is 12.1 Å². The molecule has 1 atom stereocenters. The standard InChI is InChI=1S/C21H21F3N4O3S/c1-15(20(29)26-17-6-4-5-16(13-17)14-25)27-9-11-28(12-10-27)32(30,31)19-8-3-2-7-18(19)21(22,23)24/h2-8,13,15H,9-12H2,1H3,(H,26,29). The number of alkyl halides is 3. The summed E-state index contributed by atoms with van der Waals surface area (Å²) >= 11 is 0. The highest BCUT2D eigenvalue weighted by atomic mass is 32.2. The van der Waals surface area contributed by atoms with Crippen molar-refractivity contribution in [3.05, 3.63) is 59.7 Å². The van der Waals surface area contributed by atoms with E-state index >= 15 is 0 Å². The summed E-state index contributed by atoms with van der Waals surface area (Å²) in [5.74, 6) is -0.334. The van der Waals surface area contributed by atoms with Crippen LogP contribution in [0.25, 0.3) is 0 Å². The fraction of sp³-hybridized carbons (Fsp3) is 0.333. The number of nitrogens with zero attached hydrogens (tertiary/aromatic N) is 3. The molecule has 0 aromatic heterocycles. The predicted molar refractivity (Wildman–Crippen MR) is 111 cm³/mol. The summed E-state index contributed by atoms with van der Waals surface area (Å²) in [5, 5.41) is 11.7. The Labute approximate surface area is 184 Å². The molecule has 1 fully saturated rings. The summed E-state index contributed by atoms with van der Waals surface area (Å²) in [6.45, 7) is 1.93. The third-order valence-corrected chi connectivity index (χ3v) is 7.23. The molecule has 32 heavy (non-hydrogen) atoms. The van der Waals surface area contributed by atoms with E-state index in [1.807, 2.05) is 6.07 Å². The molecule has 3 rings (SSSR count). The minimum atomic E-state index is -4.79. The Morgan fingerprint density at radius 2 is 1.75 bits per heavy atom. The van der Waals surface area contributed by atoms with Crippen LogP contribution in [0.4, 0.5) is 18.9 Å². The van der Waals surface area contributed by atoms with Crippen LogP contribution in [-0.2, 0) is 21.0 Å². The Balaban J connectivity index is 1.67. The van der Waals surface area contributed by atoms with E-state index in [9.17, 15) is 26.4 Å². The SMILES string of the molecule is CC(C(=O)Nc1cccc(C#N)c1)N1CCN(S(=O)(=O)c2ccccc2C(F)(F)F)CC1. The van der Waals surface area contributed by atoms with Gasteiger partial charge < -0.3 is 5.32 Å². The maximum absolute atomic E-state index is 13.3. The highest BCUT2D eigenvalue weighted by Crippen LogP contribution is 2.35. The molecular weight excluding hydrogens is 445 g/mol. The van der Waals surface area contributed by atoms with Crippen molar-refractivity contribution in [1.82, 2.24) is 9.21 Å². The first kappa shape index (κ1) is 23.7. The van der Waals surface area contributed by atoms with E-state index in [0.717, 1.165) is 22.5 Å². The minimum Gasteiger partial charge on any atom is -0.325 e. The second kappa shape index (κ2) is 9.28. The second-order valence-corrected chi connectivity index (χ2v) is 9.20. The highest BCUT2D eigenvalue weighted by molar-refractivity contribution is 7.89. The van der Waals surface area contributed by atoms with Crippen molar-refractivity contribution in [2.45, 2.75) is 24.0 Å². The third kappa shape index (κ3) is 5.09. The van der Waals surface area contributed by atoms with Crippen molar-refractivity contribution in [2.75, 3.05) is 31.5 Å². The first-order valence-corrected chi connectivity index (χ1v) is 11.2. The van der Waals surface area contributed by atoms with Crippen LogP contribution in [0.2, 0.25) is 0 Å². The van der Waals surface area contributed by atoms with Crippen molar-refractivity contribution in [1.29, 1.82) is 5.26 Å². The van der Waals surface area contributed by atoms with Gasteiger partial charge in [0.05, 0.1) is 28.1 Å². The molecule has 2 aromatic rings. The monoisotopic (exact) mass is 466 g/mol. The second-order valence-electron chi connectivity index (χ2n) is 7.29. The van der Waals surface area contributed by atoms with Crippen molar-refractivity contribution in [2.24, 2.45) is 0 Å². The number of nitrogens with one attached hydrogen (secondary N) is 1. The van der Waals surface area contributed by atoms with Crippen LogP contribution in [0.3, 0.4) is 0 Å². The van der Waals surface area contributed by atoms with Crippen LogP contribution in [0.1, 0.15) is 18.1 Å². The third-order valence-electron chi connectivity index (χ3n) is 5.27. The Morgan fingerprint density at radius 3 is 2.38 bits per heavy atom. The maximum atomic E-state index is 13.3. The summed E-state index contributed by atoms with van der Waals surface area (Å²) in [5.41, 5.74) is -0.339. The van der Waals surface area contributed by atoms with Gasteiger partial charge in [0.2, 0.25) is 15.9 Å². The van der Waals surface area contributed by atoms with Crippen molar-refractivity contribution in [3.8, 4) is 6.07 Å². The zero-order valence-electron chi connectivity index (χ0n) is 17.1. The van der Waals surface area contributed by atoms with Gasteiger partial charge in [-0.2, -0.15) is 22.7 Å². The van der Waals surface area contributed by atoms with Gasteiger partial charge in [0, 0.05) is 31.9 Å². The van der Waals surface area contributed by atoms with Crippen LogP contribution in [0.15, 0.2) is 53.4 Å². The van der Waals surface area contributed by atoms with E-state index in [2.05, 4.69) is 5.32 Å². The average molecular weight is 466 g/mol. The molecule has 170 valence electrons. The quantitative estimate of drug-likeness (QED) is 0.732. The number of rotatable bonds is 5. The van der Waals surface area contributed by atoms with Gasteiger partial charge in [0.1, 0.15) is 0 Å². The molecule has 1 amide bonds. The first-order chi connectivity index (χ1) is 15.0. The lowest BCUT2D eigenvalue weighted by Gasteiger charge is -2.37. The number of carbonyl (C=O) groups is 1. The largest absolute Gasteiger partial charge is 0.417 e. The minimum absolute atomic E-state index is 0.0456. The lowest BCUT2D eigenvalue weighted by atomic mass is 10.2. The molecular formula is C21H21F3N4O3S. The average Bonchev–Trinajstić information content (AvgIpc) is 2.78. The highest BCUT2D eigenvalue weighted by Gasteiger charge is 2.40. The molecule has 2 aromatic carbocycles. The number of nitriles is 1. The summed E-state index contributed by atoms with van der Waals surface area (Å²) in [7, 11) is -4.35. The van der Waals surface area contributed by atoms with Gasteiger partial charge in [-0.15, -0.1) is 0 Å². The molecule has 1 N–H and O–H groups in total. The number of amides is 1. The smallest absolute Gasteiger partial charge is 0.325 e. The van der Waals surface area contributed by atoms with Gasteiger partial charge in [0.25, 0.3) is 0 Å². The molecule has 0 aliphatic carbocycles. The fourth-order valence-corrected chi connectivity index (χ4v) is 5.11. The summed E-state index contributed by atoms with van der Waals surface area (Å²) < 4.78 is 66.6. The Hall–Kier alpha value is -2.94. The van der Waals surface area contributed by atoms with Gasteiger partial charge in [-0.25, -0.2) is 8.42 Å². The lowest BCUT2D eigenvalue weighted by molar-refractivity contribution is -0.140. The van der Waals surface area contributed by atoms with E-state index in [-0.39, 0.29) is 32.1 Å². The van der Waals surface area contributed by atoms with E-state index in [4.69, 9.17) is 5.26 Å². The maximum Gasteiger partial charge on any atom is 0.417 e. The molecule has 0 bridgehead atoms. The van der Waals surface area contributed by atoms with Gasteiger partial charge in [-0.05, 0) is 37.3 Å². The topological polar surface area (TPSA) is 93.5 Å². The van der Waals surface area contributed by atoms with Crippen LogP contribution < -0.4 is 5.32 Å². The predicted octanol–water partition coefficient (Wildman–Crippen LogP) is 2.91. The molecule has 1 aliphatic rings. The summed E-state index contributed by atoms with van der Waals surface area (Å²) in [6.07, 6.45) is -4.79. The zero-order valence-corrected chi connectivity index (χ0v) is 17.9. The number of carbonyl (C=O) groups excluding carboxylic acids is 1. The van der Waals surface area contributed by atoms with Crippen molar-refractivity contribution < 1.29 is 26.4 Å². The molecule has 1 heterocycles. The molecule has 0 saturated carbocycles. The van der Waals surface area contributed by atoms with E-state index in [0.29, 0.717) is 11.3 Å². The number of sulfonamides is 1. The van der Waals surface area contributed by atoms with E-state index in [1.54, 1.807) is 30.0 Å². The molecule has 1 saturated heterocycles. The number of hydrogen-bond acceptors (Lipinski definition) is 5. The Kier molecular flexibility index (Phi) is 6.88. The van der Waals surface area contributed by atoms with E-state index < -0.39 is 32.7 Å². The molecule has 7 nitrogen and oxygen atoms in total. The van der Waals surface area contributed by atoms with Crippen LogP contribution >= 0.6 is 0 Å². The van der Waals surface area contributed by atoms with Crippen LogP contribution in [0, 0.1) is 11.3 Å². The Bertz CT molecular complexity index is 1140. The number of halogens is 3. The number of hydrogen-bond donors (Lipinski definition) is 1. The van der Waals surface area contributed by atoms with Crippen molar-refractivity contribution in [3.63, 3.8) is 0 Å². The van der Waals surface area contributed by atoms with Gasteiger partial charge in [0.15, 0.2) is 0 Å². The number of piperazine rings is 1. The van der Waals surface area contributed by atoms with Gasteiger partial charge >= 0.3 is 6.18 Å². The van der Waals surface area contributed by atoms with Gasteiger partial charge in [-0.1, -0.05) is 18.2 Å². The molecule has 1 unspecified atom stereocenters. The fourth-order valence-electron chi connectivity index (χ4n) is 3.48. The van der Waals surface area contributed by atoms with Crippen molar-refractivity contribution >= 4 is 21.6 Å². The molecule has 11 heteroatoms. The van der Waals surface area contributed by atoms with Gasteiger partial charge in [-0.3, -0.25) is 9.69 Å². The number of anilines is 1. The first-order valence-electron chi connectivity index (χ1n) is 9.75. The zero-order chi connectivity index (χ0) is 23.5. The van der Waals surface area contributed by atoms with Crippen LogP contribution in [-0.4, -0.2) is 55.8 Å². The lowest BCUT2D eigenvalue weighted by Crippen LogP contribution is -2.54. The Morgan fingerprint density at radius 1 is 1.09 bits per heavy atom. The summed E-state index contributed by atoms with van der Waals surface area (Å²) in [4.78, 5) is 13.6. The normalized spacial score (nSPS) is 16.8. The number of benzene rings is 2.